The zero-order chi connectivity index (χ0) is 16.1. The van der Waals surface area contributed by atoms with Crippen LogP contribution in [0.25, 0.3) is 6.08 Å². The van der Waals surface area contributed by atoms with Crippen molar-refractivity contribution in [3.8, 4) is 5.75 Å². The van der Waals surface area contributed by atoms with Gasteiger partial charge in [0, 0.05) is 10.6 Å². The Morgan fingerprint density at radius 3 is 2.45 bits per heavy atom. The third-order valence-electron chi connectivity index (χ3n) is 2.98. The Labute approximate surface area is 132 Å². The molecule has 0 radical (unpaired) electrons. The first-order valence-electron chi connectivity index (χ1n) is 6.40. The number of aromatic hydroxyl groups is 1. The molecule has 0 saturated heterocycles. The maximum Gasteiger partial charge on any atom is 0.341 e. The molecule has 0 bridgehead atoms. The number of methoxy groups -OCH3 is 1. The van der Waals surface area contributed by atoms with Crippen molar-refractivity contribution in [3.05, 3.63) is 70.3 Å². The SMILES string of the molecule is COC(=O)c1cc(/C=C/C(=O)c2ccc(Cl)cc2)ccc1O. The zero-order valence-corrected chi connectivity index (χ0v) is 12.5. The minimum absolute atomic E-state index is 0.0450. The van der Waals surface area contributed by atoms with E-state index in [2.05, 4.69) is 4.74 Å². The molecule has 0 amide bonds. The lowest BCUT2D eigenvalue weighted by Crippen LogP contribution is -2.01. The molecule has 0 atom stereocenters. The molecule has 0 unspecified atom stereocenters. The summed E-state index contributed by atoms with van der Waals surface area (Å²) in [6.07, 6.45) is 2.94. The molecule has 0 saturated carbocycles. The molecule has 0 spiro atoms. The molecule has 0 aliphatic rings. The quantitative estimate of drug-likeness (QED) is 0.530. The van der Waals surface area contributed by atoms with Crippen LogP contribution in [0.3, 0.4) is 0 Å². The van der Waals surface area contributed by atoms with Gasteiger partial charge < -0.3 is 9.84 Å². The van der Waals surface area contributed by atoms with Crippen LogP contribution in [-0.4, -0.2) is 24.0 Å². The first kappa shape index (κ1) is 15.8. The van der Waals surface area contributed by atoms with Gasteiger partial charge in [0.15, 0.2) is 5.78 Å². The average molecular weight is 317 g/mol. The number of phenols is 1. The Kier molecular flexibility index (Phi) is 4.96. The normalized spacial score (nSPS) is 10.6. The summed E-state index contributed by atoms with van der Waals surface area (Å²) in [5.74, 6) is -1.01. The minimum atomic E-state index is -0.642. The number of rotatable bonds is 4. The van der Waals surface area contributed by atoms with Gasteiger partial charge >= 0.3 is 5.97 Å². The largest absolute Gasteiger partial charge is 0.507 e. The van der Waals surface area contributed by atoms with Gasteiger partial charge in [0.1, 0.15) is 11.3 Å². The molecule has 2 aromatic rings. The van der Waals surface area contributed by atoms with E-state index in [1.807, 2.05) is 0 Å². The summed E-state index contributed by atoms with van der Waals surface area (Å²) < 4.78 is 4.58. The molecule has 0 heterocycles. The third-order valence-corrected chi connectivity index (χ3v) is 3.23. The van der Waals surface area contributed by atoms with Crippen LogP contribution in [0, 0.1) is 0 Å². The predicted octanol–water partition coefficient (Wildman–Crippen LogP) is 3.73. The number of halogens is 1. The van der Waals surface area contributed by atoms with Gasteiger partial charge in [0.25, 0.3) is 0 Å². The Morgan fingerprint density at radius 1 is 1.14 bits per heavy atom. The lowest BCUT2D eigenvalue weighted by Gasteiger charge is -2.03. The number of phenolic OH excluding ortho intramolecular Hbond substituents is 1. The highest BCUT2D eigenvalue weighted by atomic mass is 35.5. The van der Waals surface area contributed by atoms with Crippen molar-refractivity contribution in [2.75, 3.05) is 7.11 Å². The van der Waals surface area contributed by atoms with Gasteiger partial charge in [-0.1, -0.05) is 23.7 Å². The molecule has 2 rings (SSSR count). The second kappa shape index (κ2) is 6.91. The van der Waals surface area contributed by atoms with E-state index in [9.17, 15) is 14.7 Å². The van der Waals surface area contributed by atoms with Crippen molar-refractivity contribution < 1.29 is 19.4 Å². The van der Waals surface area contributed by atoms with Gasteiger partial charge in [-0.3, -0.25) is 4.79 Å². The fourth-order valence-corrected chi connectivity index (χ4v) is 1.94. The number of ether oxygens (including phenoxy) is 1. The van der Waals surface area contributed by atoms with Gasteiger partial charge in [0.2, 0.25) is 0 Å². The van der Waals surface area contributed by atoms with Crippen LogP contribution in [0.15, 0.2) is 48.5 Å². The van der Waals surface area contributed by atoms with Gasteiger partial charge in [-0.05, 0) is 48.0 Å². The Hall–Kier alpha value is -2.59. The summed E-state index contributed by atoms with van der Waals surface area (Å²) in [6.45, 7) is 0. The van der Waals surface area contributed by atoms with Crippen molar-refractivity contribution in [3.63, 3.8) is 0 Å². The van der Waals surface area contributed by atoms with E-state index in [0.717, 1.165) is 0 Å². The Balaban J connectivity index is 2.21. The van der Waals surface area contributed by atoms with Crippen LogP contribution in [0.2, 0.25) is 5.02 Å². The van der Waals surface area contributed by atoms with E-state index in [1.54, 1.807) is 36.4 Å². The molecule has 1 N–H and O–H groups in total. The first-order chi connectivity index (χ1) is 10.5. The lowest BCUT2D eigenvalue weighted by atomic mass is 10.1. The molecule has 5 heteroatoms. The third kappa shape index (κ3) is 3.74. The molecule has 0 aliphatic heterocycles. The maximum absolute atomic E-state index is 12.0. The lowest BCUT2D eigenvalue weighted by molar-refractivity contribution is 0.0597. The van der Waals surface area contributed by atoms with Crippen LogP contribution < -0.4 is 0 Å². The molecular weight excluding hydrogens is 304 g/mol. The molecule has 0 fully saturated rings. The molecule has 4 nitrogen and oxygen atoms in total. The van der Waals surface area contributed by atoms with Gasteiger partial charge in [0.05, 0.1) is 7.11 Å². The van der Waals surface area contributed by atoms with E-state index in [1.165, 1.54) is 25.3 Å². The average Bonchev–Trinajstić information content (AvgIpc) is 2.53. The van der Waals surface area contributed by atoms with Gasteiger partial charge in [-0.15, -0.1) is 0 Å². The second-order valence-corrected chi connectivity index (χ2v) is 4.91. The standard InChI is InChI=1S/C17H13ClO4/c1-22-17(21)14-10-11(3-9-16(14)20)2-8-15(19)12-4-6-13(18)7-5-12/h2-10,20H,1H3/b8-2+. The molecule has 0 aromatic heterocycles. The summed E-state index contributed by atoms with van der Waals surface area (Å²) in [6, 6.07) is 11.0. The number of ketones is 1. The van der Waals surface area contributed by atoms with Gasteiger partial charge in [-0.2, -0.15) is 0 Å². The number of carbonyl (C=O) groups excluding carboxylic acids is 2. The molecule has 0 aliphatic carbocycles. The van der Waals surface area contributed by atoms with Crippen LogP contribution in [0.4, 0.5) is 0 Å². The minimum Gasteiger partial charge on any atom is -0.507 e. The van der Waals surface area contributed by atoms with E-state index >= 15 is 0 Å². The number of carbonyl (C=O) groups is 2. The first-order valence-corrected chi connectivity index (χ1v) is 6.78. The highest BCUT2D eigenvalue weighted by Crippen LogP contribution is 2.20. The number of esters is 1. The highest BCUT2D eigenvalue weighted by molar-refractivity contribution is 6.30. The monoisotopic (exact) mass is 316 g/mol. The summed E-state index contributed by atoms with van der Waals surface area (Å²) >= 11 is 5.77. The summed E-state index contributed by atoms with van der Waals surface area (Å²) in [4.78, 5) is 23.5. The van der Waals surface area contributed by atoms with Crippen molar-refractivity contribution in [2.24, 2.45) is 0 Å². The molecule has 112 valence electrons. The second-order valence-electron chi connectivity index (χ2n) is 4.47. The Bertz CT molecular complexity index is 733. The topological polar surface area (TPSA) is 63.6 Å². The predicted molar refractivity (Wildman–Crippen MR) is 84.3 cm³/mol. The number of hydrogen-bond donors (Lipinski definition) is 1. The number of hydrogen-bond acceptors (Lipinski definition) is 4. The van der Waals surface area contributed by atoms with Crippen molar-refractivity contribution in [1.29, 1.82) is 0 Å². The summed E-state index contributed by atoms with van der Waals surface area (Å²) in [7, 11) is 1.23. The van der Waals surface area contributed by atoms with Crippen LogP contribution in [0.5, 0.6) is 5.75 Å². The Morgan fingerprint density at radius 2 is 1.82 bits per heavy atom. The number of benzene rings is 2. The van der Waals surface area contributed by atoms with Crippen LogP contribution in [0.1, 0.15) is 26.3 Å². The molecule has 2 aromatic carbocycles. The van der Waals surface area contributed by atoms with Crippen LogP contribution in [-0.2, 0) is 4.74 Å². The fraction of sp³-hybridized carbons (Fsp3) is 0.0588. The van der Waals surface area contributed by atoms with Crippen molar-refractivity contribution in [1.82, 2.24) is 0 Å². The van der Waals surface area contributed by atoms with Crippen molar-refractivity contribution in [2.45, 2.75) is 0 Å². The fourth-order valence-electron chi connectivity index (χ4n) is 1.81. The van der Waals surface area contributed by atoms with E-state index in [-0.39, 0.29) is 17.1 Å². The molecule has 22 heavy (non-hydrogen) atoms. The number of allylic oxidation sites excluding steroid dienone is 1. The van der Waals surface area contributed by atoms with Gasteiger partial charge in [-0.25, -0.2) is 4.79 Å². The summed E-state index contributed by atoms with van der Waals surface area (Å²) in [5, 5.41) is 10.2. The van der Waals surface area contributed by atoms with E-state index in [4.69, 9.17) is 11.6 Å². The maximum atomic E-state index is 12.0. The van der Waals surface area contributed by atoms with Crippen LogP contribution >= 0.6 is 11.6 Å². The highest BCUT2D eigenvalue weighted by Gasteiger charge is 2.11. The smallest absolute Gasteiger partial charge is 0.341 e. The zero-order valence-electron chi connectivity index (χ0n) is 11.7. The molecular formula is C17H13ClO4. The van der Waals surface area contributed by atoms with E-state index in [0.29, 0.717) is 16.1 Å². The summed E-state index contributed by atoms with van der Waals surface area (Å²) in [5.41, 5.74) is 1.15. The van der Waals surface area contributed by atoms with E-state index < -0.39 is 5.97 Å². The van der Waals surface area contributed by atoms with Crippen molar-refractivity contribution >= 4 is 29.4 Å².